The van der Waals surface area contributed by atoms with Crippen LogP contribution in [0.1, 0.15) is 37.1 Å². The molecular weight excluding hydrogens is 284 g/mol. The van der Waals surface area contributed by atoms with Crippen LogP contribution in [0.15, 0.2) is 24.3 Å². The molecule has 0 saturated heterocycles. The first-order valence-corrected chi connectivity index (χ1v) is 8.34. The molecule has 0 bridgehead atoms. The number of amides is 1. The van der Waals surface area contributed by atoms with Crippen molar-refractivity contribution in [3.05, 3.63) is 29.3 Å². The van der Waals surface area contributed by atoms with Crippen molar-refractivity contribution in [3.63, 3.8) is 0 Å². The van der Waals surface area contributed by atoms with Crippen LogP contribution in [0.3, 0.4) is 0 Å². The number of rotatable bonds is 5. The van der Waals surface area contributed by atoms with Crippen molar-refractivity contribution in [1.82, 2.24) is 10.3 Å². The van der Waals surface area contributed by atoms with E-state index in [2.05, 4.69) is 16.4 Å². The largest absolute Gasteiger partial charge is 0.380 e. The number of thiazole rings is 1. The van der Waals surface area contributed by atoms with Gasteiger partial charge >= 0.3 is 0 Å². The van der Waals surface area contributed by atoms with Gasteiger partial charge in [0.1, 0.15) is 5.60 Å². The third-order valence-electron chi connectivity index (χ3n) is 4.04. The van der Waals surface area contributed by atoms with Crippen LogP contribution in [0.4, 0.5) is 0 Å². The summed E-state index contributed by atoms with van der Waals surface area (Å²) in [4.78, 5) is 16.5. The summed E-state index contributed by atoms with van der Waals surface area (Å²) in [5, 5.41) is 14.1. The van der Waals surface area contributed by atoms with Crippen molar-refractivity contribution in [2.45, 2.75) is 44.1 Å². The second-order valence-corrected chi connectivity index (χ2v) is 6.79. The Balaban J connectivity index is 1.47. The molecule has 4 nitrogen and oxygen atoms in total. The van der Waals surface area contributed by atoms with E-state index in [0.29, 0.717) is 19.4 Å². The predicted octanol–water partition coefficient (Wildman–Crippen LogP) is 2.65. The Morgan fingerprint density at radius 2 is 2.10 bits per heavy atom. The zero-order valence-electron chi connectivity index (χ0n) is 12.0. The van der Waals surface area contributed by atoms with E-state index in [-0.39, 0.29) is 5.91 Å². The number of fused-ring (bicyclic) bond motifs is 1. The highest BCUT2D eigenvalue weighted by Gasteiger charge is 2.38. The Hall–Kier alpha value is -1.46. The van der Waals surface area contributed by atoms with Crippen LogP contribution in [-0.2, 0) is 11.2 Å². The highest BCUT2D eigenvalue weighted by Crippen LogP contribution is 2.29. The molecule has 1 aromatic carbocycles. The molecule has 3 rings (SSSR count). The molecule has 1 amide bonds. The van der Waals surface area contributed by atoms with Crippen LogP contribution >= 0.6 is 11.3 Å². The van der Waals surface area contributed by atoms with Crippen LogP contribution in [-0.4, -0.2) is 28.1 Å². The second-order valence-electron chi connectivity index (χ2n) is 5.67. The SMILES string of the molecule is O=C(NCCCc1nc2ccccc2s1)C1(O)CCCC1. The van der Waals surface area contributed by atoms with Gasteiger partial charge in [-0.25, -0.2) is 4.98 Å². The van der Waals surface area contributed by atoms with Crippen molar-refractivity contribution in [2.24, 2.45) is 0 Å². The third-order valence-corrected chi connectivity index (χ3v) is 5.14. The first kappa shape index (κ1) is 14.5. The summed E-state index contributed by atoms with van der Waals surface area (Å²) in [6.07, 6.45) is 4.78. The van der Waals surface area contributed by atoms with Crippen LogP contribution in [0, 0.1) is 0 Å². The number of hydrogen-bond acceptors (Lipinski definition) is 4. The topological polar surface area (TPSA) is 62.2 Å². The van der Waals surface area contributed by atoms with E-state index >= 15 is 0 Å². The molecule has 1 fully saturated rings. The summed E-state index contributed by atoms with van der Waals surface area (Å²) in [5.74, 6) is -0.204. The van der Waals surface area contributed by atoms with Gasteiger partial charge in [-0.2, -0.15) is 0 Å². The Kier molecular flexibility index (Phi) is 4.22. The van der Waals surface area contributed by atoms with Gasteiger partial charge in [-0.3, -0.25) is 4.79 Å². The number of aromatic nitrogens is 1. The first-order chi connectivity index (χ1) is 10.2. The van der Waals surface area contributed by atoms with E-state index in [9.17, 15) is 9.90 Å². The first-order valence-electron chi connectivity index (χ1n) is 7.52. The number of aryl methyl sites for hydroxylation is 1. The summed E-state index contributed by atoms with van der Waals surface area (Å²) < 4.78 is 1.21. The molecule has 1 aliphatic rings. The van der Waals surface area contributed by atoms with Gasteiger partial charge in [-0.05, 0) is 44.2 Å². The number of carbonyl (C=O) groups excluding carboxylic acids is 1. The van der Waals surface area contributed by atoms with Crippen LogP contribution < -0.4 is 5.32 Å². The fourth-order valence-electron chi connectivity index (χ4n) is 2.82. The lowest BCUT2D eigenvalue weighted by atomic mass is 10.0. The maximum absolute atomic E-state index is 11.9. The van der Waals surface area contributed by atoms with E-state index in [1.807, 2.05) is 18.2 Å². The fraction of sp³-hybridized carbons (Fsp3) is 0.500. The van der Waals surface area contributed by atoms with E-state index in [1.54, 1.807) is 11.3 Å². The quantitative estimate of drug-likeness (QED) is 0.835. The van der Waals surface area contributed by atoms with Gasteiger partial charge in [0, 0.05) is 13.0 Å². The zero-order valence-corrected chi connectivity index (χ0v) is 12.8. The molecule has 1 aromatic heterocycles. The molecule has 112 valence electrons. The summed E-state index contributed by atoms with van der Waals surface area (Å²) in [6, 6.07) is 8.11. The van der Waals surface area contributed by atoms with Crippen molar-refractivity contribution >= 4 is 27.5 Å². The maximum atomic E-state index is 11.9. The number of nitrogens with one attached hydrogen (secondary N) is 1. The minimum absolute atomic E-state index is 0.204. The smallest absolute Gasteiger partial charge is 0.251 e. The number of aliphatic hydroxyl groups is 1. The minimum atomic E-state index is -1.12. The van der Waals surface area contributed by atoms with Gasteiger partial charge in [0.2, 0.25) is 0 Å². The summed E-state index contributed by atoms with van der Waals surface area (Å²) in [6.45, 7) is 0.594. The zero-order chi connectivity index (χ0) is 14.7. The van der Waals surface area contributed by atoms with Crippen molar-refractivity contribution in [3.8, 4) is 0 Å². The highest BCUT2D eigenvalue weighted by atomic mass is 32.1. The lowest BCUT2D eigenvalue weighted by Crippen LogP contribution is -2.45. The lowest BCUT2D eigenvalue weighted by molar-refractivity contribution is -0.139. The van der Waals surface area contributed by atoms with Crippen LogP contribution in [0.25, 0.3) is 10.2 Å². The maximum Gasteiger partial charge on any atom is 0.251 e. The number of para-hydroxylation sites is 1. The molecule has 21 heavy (non-hydrogen) atoms. The van der Waals surface area contributed by atoms with E-state index in [1.165, 1.54) is 4.70 Å². The Labute approximate surface area is 128 Å². The Morgan fingerprint density at radius 3 is 2.86 bits per heavy atom. The van der Waals surface area contributed by atoms with Crippen molar-refractivity contribution < 1.29 is 9.90 Å². The van der Waals surface area contributed by atoms with E-state index in [4.69, 9.17) is 0 Å². The summed E-state index contributed by atoms with van der Waals surface area (Å²) in [5.41, 5.74) is -0.0719. The lowest BCUT2D eigenvalue weighted by Gasteiger charge is -2.20. The molecule has 2 aromatic rings. The van der Waals surface area contributed by atoms with Crippen molar-refractivity contribution in [2.75, 3.05) is 6.54 Å². The molecule has 0 unspecified atom stereocenters. The molecule has 1 saturated carbocycles. The predicted molar refractivity (Wildman–Crippen MR) is 84.4 cm³/mol. The number of carbonyl (C=O) groups is 1. The third kappa shape index (κ3) is 3.24. The molecule has 5 heteroatoms. The molecule has 2 N–H and O–H groups in total. The Bertz CT molecular complexity index is 599. The van der Waals surface area contributed by atoms with Gasteiger partial charge in [-0.15, -0.1) is 11.3 Å². The number of hydrogen-bond donors (Lipinski definition) is 2. The average molecular weight is 304 g/mol. The molecule has 0 spiro atoms. The van der Waals surface area contributed by atoms with E-state index < -0.39 is 5.60 Å². The molecule has 0 radical (unpaired) electrons. The van der Waals surface area contributed by atoms with Crippen LogP contribution in [0.5, 0.6) is 0 Å². The van der Waals surface area contributed by atoms with Gasteiger partial charge in [0.05, 0.1) is 15.2 Å². The number of nitrogens with zero attached hydrogens (tertiary/aromatic N) is 1. The Morgan fingerprint density at radius 1 is 1.33 bits per heavy atom. The molecular formula is C16H20N2O2S. The summed E-state index contributed by atoms with van der Waals surface area (Å²) >= 11 is 1.71. The summed E-state index contributed by atoms with van der Waals surface area (Å²) in [7, 11) is 0. The monoisotopic (exact) mass is 304 g/mol. The van der Waals surface area contributed by atoms with Gasteiger partial charge in [0.15, 0.2) is 0 Å². The van der Waals surface area contributed by atoms with Crippen LogP contribution in [0.2, 0.25) is 0 Å². The molecule has 0 atom stereocenters. The minimum Gasteiger partial charge on any atom is -0.380 e. The molecule has 1 aliphatic carbocycles. The molecule has 1 heterocycles. The van der Waals surface area contributed by atoms with E-state index in [0.717, 1.165) is 36.2 Å². The highest BCUT2D eigenvalue weighted by molar-refractivity contribution is 7.18. The fourth-order valence-corrected chi connectivity index (χ4v) is 3.83. The standard InChI is InChI=1S/C16H20N2O2S/c19-15(16(20)9-3-4-10-16)17-11-5-8-14-18-12-6-1-2-7-13(12)21-14/h1-2,6-7,20H,3-5,8-11H2,(H,17,19). The normalized spacial score (nSPS) is 17.2. The number of benzene rings is 1. The van der Waals surface area contributed by atoms with Crippen molar-refractivity contribution in [1.29, 1.82) is 0 Å². The van der Waals surface area contributed by atoms with Gasteiger partial charge in [-0.1, -0.05) is 12.1 Å². The molecule has 0 aliphatic heterocycles. The average Bonchev–Trinajstić information content (AvgIpc) is 3.10. The second kappa shape index (κ2) is 6.12. The van der Waals surface area contributed by atoms with Gasteiger partial charge in [0.25, 0.3) is 5.91 Å². The van der Waals surface area contributed by atoms with Gasteiger partial charge < -0.3 is 10.4 Å².